The molecular formula is C16H11ClN4. The van der Waals surface area contributed by atoms with Gasteiger partial charge in [0.1, 0.15) is 11.6 Å². The number of H-pyrrole nitrogens is 1. The first-order valence-electron chi connectivity index (χ1n) is 6.34. The number of nitrogens with zero attached hydrogens (tertiary/aromatic N) is 2. The van der Waals surface area contributed by atoms with Gasteiger partial charge in [0.2, 0.25) is 0 Å². The van der Waals surface area contributed by atoms with Crippen LogP contribution >= 0.6 is 11.6 Å². The summed E-state index contributed by atoms with van der Waals surface area (Å²) < 4.78 is 0. The highest BCUT2D eigenvalue weighted by Crippen LogP contribution is 2.18. The molecule has 3 rings (SSSR count). The molecule has 0 spiro atoms. The lowest BCUT2D eigenvalue weighted by molar-refractivity contribution is 1.27. The molecule has 0 saturated carbocycles. The third kappa shape index (κ3) is 2.88. The summed E-state index contributed by atoms with van der Waals surface area (Å²) >= 11 is 5.92. The predicted molar refractivity (Wildman–Crippen MR) is 84.8 cm³/mol. The standard InChI is InChI=1S/C16H11ClN4/c17-12-4-3-5-13(8-12)19-10-11(9-18)16-20-14-6-1-2-7-15(14)21-16/h1-8,10,19H,(H,20,21)/b11-10+. The van der Waals surface area contributed by atoms with Crippen LogP contribution in [0.2, 0.25) is 5.02 Å². The molecule has 0 saturated heterocycles. The molecule has 4 nitrogen and oxygen atoms in total. The summed E-state index contributed by atoms with van der Waals surface area (Å²) in [4.78, 5) is 7.53. The van der Waals surface area contributed by atoms with Crippen molar-refractivity contribution in [3.63, 3.8) is 0 Å². The van der Waals surface area contributed by atoms with E-state index in [4.69, 9.17) is 11.6 Å². The Morgan fingerprint density at radius 2 is 2.10 bits per heavy atom. The molecule has 3 aromatic rings. The van der Waals surface area contributed by atoms with Gasteiger partial charge in [0.25, 0.3) is 0 Å². The van der Waals surface area contributed by atoms with Crippen molar-refractivity contribution < 1.29 is 0 Å². The first-order chi connectivity index (χ1) is 10.3. The van der Waals surface area contributed by atoms with Crippen LogP contribution in [0.15, 0.2) is 54.7 Å². The van der Waals surface area contributed by atoms with E-state index in [1.165, 1.54) is 0 Å². The molecule has 5 heteroatoms. The first kappa shape index (κ1) is 13.2. The lowest BCUT2D eigenvalue weighted by atomic mass is 10.3. The van der Waals surface area contributed by atoms with Gasteiger partial charge < -0.3 is 10.3 Å². The Morgan fingerprint density at radius 1 is 1.24 bits per heavy atom. The Bertz CT molecular complexity index is 825. The van der Waals surface area contributed by atoms with Crippen LogP contribution in [0.3, 0.4) is 0 Å². The van der Waals surface area contributed by atoms with Crippen molar-refractivity contribution in [2.45, 2.75) is 0 Å². The molecule has 21 heavy (non-hydrogen) atoms. The summed E-state index contributed by atoms with van der Waals surface area (Å²) in [6.45, 7) is 0. The van der Waals surface area contributed by atoms with Crippen LogP contribution in [0, 0.1) is 11.3 Å². The van der Waals surface area contributed by atoms with Gasteiger partial charge in [-0.25, -0.2) is 4.98 Å². The minimum absolute atomic E-state index is 0.422. The highest BCUT2D eigenvalue weighted by molar-refractivity contribution is 6.30. The molecule has 2 N–H and O–H groups in total. The SMILES string of the molecule is N#C/C(=C\Nc1cccc(Cl)c1)c1nc2ccccc2[nH]1. The molecule has 0 amide bonds. The number of anilines is 1. The third-order valence-electron chi connectivity index (χ3n) is 2.97. The zero-order valence-electron chi connectivity index (χ0n) is 11.0. The molecule has 0 aliphatic carbocycles. The van der Waals surface area contributed by atoms with Crippen molar-refractivity contribution >= 4 is 33.9 Å². The monoisotopic (exact) mass is 294 g/mol. The van der Waals surface area contributed by atoms with E-state index < -0.39 is 0 Å². The summed E-state index contributed by atoms with van der Waals surface area (Å²) in [6, 6.07) is 17.1. The zero-order valence-corrected chi connectivity index (χ0v) is 11.7. The lowest BCUT2D eigenvalue weighted by Gasteiger charge is -2.01. The van der Waals surface area contributed by atoms with Crippen LogP contribution in [0.4, 0.5) is 5.69 Å². The number of hydrogen-bond donors (Lipinski definition) is 2. The maximum absolute atomic E-state index is 9.29. The third-order valence-corrected chi connectivity index (χ3v) is 3.21. The Morgan fingerprint density at radius 3 is 2.86 bits per heavy atom. The number of hydrogen-bond acceptors (Lipinski definition) is 3. The van der Waals surface area contributed by atoms with Gasteiger partial charge in [0, 0.05) is 16.9 Å². The second-order valence-corrected chi connectivity index (χ2v) is 4.86. The number of nitrogens with one attached hydrogen (secondary N) is 2. The van der Waals surface area contributed by atoms with Crippen molar-refractivity contribution in [1.29, 1.82) is 5.26 Å². The summed E-state index contributed by atoms with van der Waals surface area (Å²) in [5, 5.41) is 13.0. The maximum atomic E-state index is 9.29. The second-order valence-electron chi connectivity index (χ2n) is 4.43. The van der Waals surface area contributed by atoms with Crippen molar-refractivity contribution in [1.82, 2.24) is 9.97 Å². The van der Waals surface area contributed by atoms with Gasteiger partial charge in [-0.2, -0.15) is 5.26 Å². The molecule has 0 radical (unpaired) electrons. The second kappa shape index (κ2) is 5.70. The molecule has 1 heterocycles. The fourth-order valence-electron chi connectivity index (χ4n) is 1.97. The number of allylic oxidation sites excluding steroid dienone is 1. The fraction of sp³-hybridized carbons (Fsp3) is 0. The zero-order chi connectivity index (χ0) is 14.7. The van der Waals surface area contributed by atoms with E-state index in [0.717, 1.165) is 16.7 Å². The number of aromatic amines is 1. The molecule has 0 aliphatic heterocycles. The van der Waals surface area contributed by atoms with Gasteiger partial charge in [-0.1, -0.05) is 29.8 Å². The molecular weight excluding hydrogens is 284 g/mol. The van der Waals surface area contributed by atoms with E-state index in [9.17, 15) is 5.26 Å². The summed E-state index contributed by atoms with van der Waals surface area (Å²) in [5.74, 6) is 0.535. The van der Waals surface area contributed by atoms with E-state index in [1.54, 1.807) is 18.3 Å². The summed E-state index contributed by atoms with van der Waals surface area (Å²) in [6.07, 6.45) is 1.61. The van der Waals surface area contributed by atoms with Crippen molar-refractivity contribution in [3.05, 3.63) is 65.6 Å². The Kier molecular flexibility index (Phi) is 3.59. The maximum Gasteiger partial charge on any atom is 0.150 e. The first-order valence-corrected chi connectivity index (χ1v) is 6.71. The molecule has 1 aromatic heterocycles. The number of nitriles is 1. The average molecular weight is 295 g/mol. The van der Waals surface area contributed by atoms with Crippen LogP contribution in [0.5, 0.6) is 0 Å². The number of imidazole rings is 1. The minimum Gasteiger partial charge on any atom is -0.360 e. The van der Waals surface area contributed by atoms with Gasteiger partial charge in [0.15, 0.2) is 5.82 Å². The molecule has 0 fully saturated rings. The van der Waals surface area contributed by atoms with Crippen molar-refractivity contribution in [3.8, 4) is 6.07 Å². The Balaban J connectivity index is 1.91. The largest absolute Gasteiger partial charge is 0.360 e. The molecule has 0 bridgehead atoms. The van der Waals surface area contributed by atoms with Crippen LogP contribution in [-0.4, -0.2) is 9.97 Å². The van der Waals surface area contributed by atoms with Gasteiger partial charge >= 0.3 is 0 Å². The van der Waals surface area contributed by atoms with Gasteiger partial charge in [-0.3, -0.25) is 0 Å². The topological polar surface area (TPSA) is 64.5 Å². The predicted octanol–water partition coefficient (Wildman–Crippen LogP) is 4.19. The molecule has 102 valence electrons. The molecule has 0 atom stereocenters. The number of rotatable bonds is 3. The van der Waals surface area contributed by atoms with E-state index in [0.29, 0.717) is 16.4 Å². The number of halogens is 1. The fourth-order valence-corrected chi connectivity index (χ4v) is 2.16. The molecule has 0 aliphatic rings. The molecule has 2 aromatic carbocycles. The van der Waals surface area contributed by atoms with Crippen LogP contribution in [0.1, 0.15) is 5.82 Å². The van der Waals surface area contributed by atoms with Gasteiger partial charge in [0.05, 0.1) is 11.0 Å². The van der Waals surface area contributed by atoms with Crippen LogP contribution in [0.25, 0.3) is 16.6 Å². The average Bonchev–Trinajstić information content (AvgIpc) is 2.91. The van der Waals surface area contributed by atoms with Gasteiger partial charge in [-0.05, 0) is 30.3 Å². The Hall–Kier alpha value is -2.77. The highest BCUT2D eigenvalue weighted by Gasteiger charge is 2.07. The van der Waals surface area contributed by atoms with Crippen molar-refractivity contribution in [2.75, 3.05) is 5.32 Å². The van der Waals surface area contributed by atoms with Crippen LogP contribution < -0.4 is 5.32 Å². The number of aromatic nitrogens is 2. The smallest absolute Gasteiger partial charge is 0.150 e. The minimum atomic E-state index is 0.422. The lowest BCUT2D eigenvalue weighted by Crippen LogP contribution is -1.92. The summed E-state index contributed by atoms with van der Waals surface area (Å²) in [5.41, 5.74) is 2.96. The van der Waals surface area contributed by atoms with Crippen molar-refractivity contribution in [2.24, 2.45) is 0 Å². The van der Waals surface area contributed by atoms with E-state index in [-0.39, 0.29) is 0 Å². The number of fused-ring (bicyclic) bond motifs is 1. The highest BCUT2D eigenvalue weighted by atomic mass is 35.5. The van der Waals surface area contributed by atoms with Crippen LogP contribution in [-0.2, 0) is 0 Å². The Labute approximate surface area is 126 Å². The van der Waals surface area contributed by atoms with Gasteiger partial charge in [-0.15, -0.1) is 0 Å². The number of para-hydroxylation sites is 2. The molecule has 0 unspecified atom stereocenters. The summed E-state index contributed by atoms with van der Waals surface area (Å²) in [7, 11) is 0. The van der Waals surface area contributed by atoms with E-state index in [2.05, 4.69) is 21.4 Å². The quantitative estimate of drug-likeness (QED) is 0.712. The normalized spacial score (nSPS) is 11.3. The number of benzene rings is 2. The van der Waals surface area contributed by atoms with E-state index in [1.807, 2.05) is 36.4 Å². The van der Waals surface area contributed by atoms with E-state index >= 15 is 0 Å².